The molecule has 0 saturated heterocycles. The van der Waals surface area contributed by atoms with Crippen LogP contribution in [0.25, 0.3) is 20.7 Å². The van der Waals surface area contributed by atoms with Crippen LogP contribution in [0.3, 0.4) is 0 Å². The Morgan fingerprint density at radius 3 is 2.83 bits per heavy atom. The van der Waals surface area contributed by atoms with Gasteiger partial charge in [-0.05, 0) is 11.6 Å². The summed E-state index contributed by atoms with van der Waals surface area (Å²) in [6, 6.07) is 11.9. The van der Waals surface area contributed by atoms with E-state index in [0.717, 1.165) is 21.0 Å². The van der Waals surface area contributed by atoms with E-state index in [9.17, 15) is 9.59 Å². The number of rotatable bonds is 7. The van der Waals surface area contributed by atoms with Gasteiger partial charge in [-0.1, -0.05) is 48.2 Å². The summed E-state index contributed by atoms with van der Waals surface area (Å²) in [5, 5.41) is 6.39. The van der Waals surface area contributed by atoms with Crippen LogP contribution >= 0.6 is 34.4 Å². The van der Waals surface area contributed by atoms with Gasteiger partial charge in [-0.15, -0.1) is 29.3 Å². The Morgan fingerprint density at radius 2 is 2.10 bits per heavy atom. The fourth-order valence-corrected chi connectivity index (χ4v) is 5.70. The quantitative estimate of drug-likeness (QED) is 0.241. The first-order chi connectivity index (χ1) is 14.5. The Balaban J connectivity index is 1.67. The zero-order chi connectivity index (χ0) is 21.1. The van der Waals surface area contributed by atoms with E-state index in [1.165, 1.54) is 41.4 Å². The van der Waals surface area contributed by atoms with Crippen LogP contribution in [0.4, 0.5) is 5.13 Å². The molecule has 1 N–H and O–H groups in total. The van der Waals surface area contributed by atoms with Gasteiger partial charge in [-0.25, -0.2) is 9.97 Å². The van der Waals surface area contributed by atoms with Crippen molar-refractivity contribution in [3.63, 3.8) is 0 Å². The highest BCUT2D eigenvalue weighted by Crippen LogP contribution is 2.32. The number of carbonyl (C=O) groups excluding carboxylic acids is 1. The topological polar surface area (TPSA) is 76.9 Å². The fourth-order valence-electron chi connectivity index (χ4n) is 2.86. The number of hydrogen-bond acceptors (Lipinski definition) is 7. The second-order valence-electron chi connectivity index (χ2n) is 6.41. The number of benzene rings is 1. The lowest BCUT2D eigenvalue weighted by Crippen LogP contribution is -2.22. The minimum atomic E-state index is -0.151. The van der Waals surface area contributed by atoms with E-state index in [1.54, 1.807) is 10.6 Å². The van der Waals surface area contributed by atoms with E-state index in [4.69, 9.17) is 4.98 Å². The summed E-state index contributed by atoms with van der Waals surface area (Å²) in [6.45, 7) is 5.61. The molecular formula is C21H18N4O2S3. The number of thioether (sulfide) groups is 1. The van der Waals surface area contributed by atoms with E-state index in [0.29, 0.717) is 28.0 Å². The van der Waals surface area contributed by atoms with Crippen molar-refractivity contribution in [3.8, 4) is 10.4 Å². The first-order valence-electron chi connectivity index (χ1n) is 9.10. The molecule has 0 bridgehead atoms. The van der Waals surface area contributed by atoms with Crippen LogP contribution in [0.5, 0.6) is 0 Å². The number of allylic oxidation sites excluding steroid dienone is 1. The van der Waals surface area contributed by atoms with Gasteiger partial charge in [-0.3, -0.25) is 14.2 Å². The van der Waals surface area contributed by atoms with Crippen LogP contribution in [0.15, 0.2) is 64.4 Å². The van der Waals surface area contributed by atoms with Gasteiger partial charge in [0, 0.05) is 29.5 Å². The molecule has 0 aliphatic carbocycles. The normalized spacial score (nSPS) is 11.0. The maximum Gasteiger partial charge on any atom is 0.263 e. The van der Waals surface area contributed by atoms with Gasteiger partial charge in [0.15, 0.2) is 10.3 Å². The molecule has 9 heteroatoms. The second-order valence-corrected chi connectivity index (χ2v) is 9.24. The zero-order valence-corrected chi connectivity index (χ0v) is 18.6. The van der Waals surface area contributed by atoms with Crippen molar-refractivity contribution in [1.29, 1.82) is 0 Å². The maximum absolute atomic E-state index is 13.1. The predicted octanol–water partition coefficient (Wildman–Crippen LogP) is 5.02. The Labute approximate surface area is 185 Å². The van der Waals surface area contributed by atoms with Gasteiger partial charge in [0.25, 0.3) is 5.56 Å². The van der Waals surface area contributed by atoms with E-state index in [-0.39, 0.29) is 11.5 Å². The Morgan fingerprint density at radius 1 is 1.30 bits per heavy atom. The lowest BCUT2D eigenvalue weighted by atomic mass is 10.2. The molecule has 0 spiro atoms. The lowest BCUT2D eigenvalue weighted by molar-refractivity contribution is -0.114. The second kappa shape index (κ2) is 8.95. The number of aromatic nitrogens is 3. The maximum atomic E-state index is 13.1. The third-order valence-corrected chi connectivity index (χ3v) is 7.06. The molecule has 152 valence electrons. The summed E-state index contributed by atoms with van der Waals surface area (Å²) in [5.41, 5.74) is 1.82. The molecule has 6 nitrogen and oxygen atoms in total. The van der Waals surface area contributed by atoms with E-state index < -0.39 is 0 Å². The molecule has 0 aliphatic rings. The van der Waals surface area contributed by atoms with Crippen molar-refractivity contribution in [1.82, 2.24) is 14.5 Å². The van der Waals surface area contributed by atoms with Crippen molar-refractivity contribution in [2.24, 2.45) is 0 Å². The summed E-state index contributed by atoms with van der Waals surface area (Å²) >= 11 is 4.34. The molecule has 4 rings (SSSR count). The highest BCUT2D eigenvalue weighted by Gasteiger charge is 2.15. The largest absolute Gasteiger partial charge is 0.302 e. The molecule has 30 heavy (non-hydrogen) atoms. The van der Waals surface area contributed by atoms with E-state index >= 15 is 0 Å². The number of thiazole rings is 1. The van der Waals surface area contributed by atoms with Crippen LogP contribution in [0, 0.1) is 0 Å². The lowest BCUT2D eigenvalue weighted by Gasteiger charge is -2.09. The van der Waals surface area contributed by atoms with Crippen molar-refractivity contribution < 1.29 is 4.79 Å². The van der Waals surface area contributed by atoms with Crippen LogP contribution in [0.2, 0.25) is 0 Å². The summed E-state index contributed by atoms with van der Waals surface area (Å²) in [7, 11) is 0. The number of thiophene rings is 1. The molecule has 3 heterocycles. The van der Waals surface area contributed by atoms with Crippen molar-refractivity contribution in [2.45, 2.75) is 24.4 Å². The average molecular weight is 455 g/mol. The van der Waals surface area contributed by atoms with Gasteiger partial charge in [0.1, 0.15) is 4.83 Å². The molecule has 0 fully saturated rings. The number of hydrogen-bond donors (Lipinski definition) is 1. The predicted molar refractivity (Wildman–Crippen MR) is 125 cm³/mol. The molecular weight excluding hydrogens is 436 g/mol. The Kier molecular flexibility index (Phi) is 6.12. The average Bonchev–Trinajstić information content (AvgIpc) is 3.36. The number of amides is 1. The molecule has 0 unspecified atom stereocenters. The summed E-state index contributed by atoms with van der Waals surface area (Å²) in [6.07, 6.45) is 1.70. The molecule has 4 aromatic rings. The van der Waals surface area contributed by atoms with Crippen molar-refractivity contribution in [3.05, 3.63) is 70.5 Å². The van der Waals surface area contributed by atoms with Crippen LogP contribution in [-0.4, -0.2) is 20.4 Å². The number of carbonyl (C=O) groups is 1. The van der Waals surface area contributed by atoms with Crippen LogP contribution in [0.1, 0.15) is 12.6 Å². The highest BCUT2D eigenvalue weighted by atomic mass is 32.2. The molecule has 0 radical (unpaired) electrons. The SMILES string of the molecule is C=CCn1c(SCc2csc(NC(C)=O)n2)nc2sc(-c3ccccc3)cc2c1=O. The van der Waals surface area contributed by atoms with Gasteiger partial charge in [0.05, 0.1) is 11.1 Å². The summed E-state index contributed by atoms with van der Waals surface area (Å²) < 4.78 is 1.64. The Hall–Kier alpha value is -2.75. The minimum Gasteiger partial charge on any atom is -0.302 e. The standard InChI is InChI=1S/C21H18N4O2S3/c1-3-9-25-19(27)16-10-17(14-7-5-4-6-8-14)30-18(16)24-21(25)29-12-15-11-28-20(23-15)22-13(2)26/h3-8,10-11H,1,9,12H2,2H3,(H,22,23,26). The number of anilines is 1. The molecule has 0 saturated carbocycles. The molecule has 0 atom stereocenters. The first-order valence-corrected chi connectivity index (χ1v) is 11.8. The van der Waals surface area contributed by atoms with Gasteiger partial charge < -0.3 is 5.32 Å². The van der Waals surface area contributed by atoms with Gasteiger partial charge in [0.2, 0.25) is 5.91 Å². The summed E-state index contributed by atoms with van der Waals surface area (Å²) in [4.78, 5) is 35.2. The molecule has 0 aliphatic heterocycles. The van der Waals surface area contributed by atoms with Crippen LogP contribution < -0.4 is 10.9 Å². The first kappa shape index (κ1) is 20.5. The van der Waals surface area contributed by atoms with Crippen LogP contribution in [-0.2, 0) is 17.1 Å². The monoisotopic (exact) mass is 454 g/mol. The van der Waals surface area contributed by atoms with Gasteiger partial charge in [-0.2, -0.15) is 0 Å². The Bertz CT molecular complexity index is 1270. The highest BCUT2D eigenvalue weighted by molar-refractivity contribution is 7.98. The fraction of sp³-hybridized carbons (Fsp3) is 0.143. The molecule has 1 amide bonds. The molecule has 3 aromatic heterocycles. The zero-order valence-electron chi connectivity index (χ0n) is 16.1. The number of fused-ring (bicyclic) bond motifs is 1. The third kappa shape index (κ3) is 4.38. The van der Waals surface area contributed by atoms with Crippen molar-refractivity contribution >= 4 is 55.7 Å². The molecule has 1 aromatic carbocycles. The van der Waals surface area contributed by atoms with E-state index in [1.807, 2.05) is 41.8 Å². The minimum absolute atomic E-state index is 0.0713. The third-order valence-electron chi connectivity index (χ3n) is 4.17. The van der Waals surface area contributed by atoms with E-state index in [2.05, 4.69) is 16.9 Å². The van der Waals surface area contributed by atoms with Crippen molar-refractivity contribution in [2.75, 3.05) is 5.32 Å². The smallest absolute Gasteiger partial charge is 0.263 e. The number of nitrogens with zero attached hydrogens (tertiary/aromatic N) is 3. The number of nitrogens with one attached hydrogen (secondary N) is 1. The van der Waals surface area contributed by atoms with Gasteiger partial charge >= 0.3 is 0 Å². The summed E-state index contributed by atoms with van der Waals surface area (Å²) in [5.74, 6) is 0.393.